The van der Waals surface area contributed by atoms with E-state index in [1.54, 1.807) is 13.3 Å². The van der Waals surface area contributed by atoms with E-state index < -0.39 is 0 Å². The first-order valence-electron chi connectivity index (χ1n) is 6.98. The normalized spacial score (nSPS) is 10.5. The van der Waals surface area contributed by atoms with Gasteiger partial charge in [-0.3, -0.25) is 0 Å². The van der Waals surface area contributed by atoms with Gasteiger partial charge in [0.25, 0.3) is 0 Å². The van der Waals surface area contributed by atoms with Gasteiger partial charge in [-0.25, -0.2) is 0 Å². The highest BCUT2D eigenvalue weighted by Crippen LogP contribution is 2.18. The summed E-state index contributed by atoms with van der Waals surface area (Å²) < 4.78 is 5.31. The van der Waals surface area contributed by atoms with E-state index in [1.807, 2.05) is 24.3 Å². The molecular formula is C15H21N5O. The third-order valence-electron chi connectivity index (χ3n) is 2.88. The van der Waals surface area contributed by atoms with Crippen LogP contribution in [0, 0.1) is 5.92 Å². The van der Waals surface area contributed by atoms with Crippen molar-refractivity contribution in [3.63, 3.8) is 0 Å². The summed E-state index contributed by atoms with van der Waals surface area (Å²) in [5.74, 6) is 2.60. The Morgan fingerprint density at radius 3 is 2.76 bits per heavy atom. The summed E-state index contributed by atoms with van der Waals surface area (Å²) in [7, 11) is 1.66. The molecule has 0 saturated carbocycles. The molecule has 0 atom stereocenters. The van der Waals surface area contributed by atoms with E-state index in [4.69, 9.17) is 4.74 Å². The molecular weight excluding hydrogens is 266 g/mol. The third kappa shape index (κ3) is 4.59. The van der Waals surface area contributed by atoms with Crippen molar-refractivity contribution in [1.82, 2.24) is 15.2 Å². The molecule has 0 radical (unpaired) electrons. The maximum Gasteiger partial charge on any atom is 0.244 e. The van der Waals surface area contributed by atoms with Gasteiger partial charge < -0.3 is 15.4 Å². The van der Waals surface area contributed by atoms with Crippen molar-refractivity contribution in [1.29, 1.82) is 0 Å². The average Bonchev–Trinajstić information content (AvgIpc) is 2.51. The zero-order valence-corrected chi connectivity index (χ0v) is 12.6. The van der Waals surface area contributed by atoms with E-state index in [0.717, 1.165) is 23.7 Å². The number of nitrogens with zero attached hydrogens (tertiary/aromatic N) is 3. The molecule has 112 valence electrons. The van der Waals surface area contributed by atoms with Crippen molar-refractivity contribution < 1.29 is 4.74 Å². The van der Waals surface area contributed by atoms with Crippen molar-refractivity contribution in [2.24, 2.45) is 5.92 Å². The highest BCUT2D eigenvalue weighted by atomic mass is 16.5. The van der Waals surface area contributed by atoms with E-state index in [9.17, 15) is 0 Å². The fraction of sp³-hybridized carbons (Fsp3) is 0.400. The van der Waals surface area contributed by atoms with Crippen LogP contribution in [0.4, 0.5) is 11.8 Å². The lowest BCUT2D eigenvalue weighted by molar-refractivity contribution is 0.410. The van der Waals surface area contributed by atoms with Crippen LogP contribution in [0.1, 0.15) is 19.4 Å². The molecule has 1 aromatic heterocycles. The molecule has 6 nitrogen and oxygen atoms in total. The predicted molar refractivity (Wildman–Crippen MR) is 83.5 cm³/mol. The number of ether oxygens (including phenoxy) is 1. The second kappa shape index (κ2) is 7.42. The number of para-hydroxylation sites is 1. The van der Waals surface area contributed by atoms with Crippen LogP contribution in [0.25, 0.3) is 0 Å². The van der Waals surface area contributed by atoms with Crippen LogP contribution in [0.5, 0.6) is 5.75 Å². The Balaban J connectivity index is 1.98. The Labute approximate surface area is 125 Å². The first-order chi connectivity index (χ1) is 10.2. The smallest absolute Gasteiger partial charge is 0.244 e. The van der Waals surface area contributed by atoms with Crippen molar-refractivity contribution in [3.05, 3.63) is 36.0 Å². The lowest BCUT2D eigenvalue weighted by Gasteiger charge is -2.10. The molecule has 0 aliphatic rings. The quantitative estimate of drug-likeness (QED) is 0.815. The summed E-state index contributed by atoms with van der Waals surface area (Å²) in [6.07, 6.45) is 1.62. The summed E-state index contributed by atoms with van der Waals surface area (Å²) in [6.45, 7) is 5.72. The second-order valence-corrected chi connectivity index (χ2v) is 5.11. The first-order valence-corrected chi connectivity index (χ1v) is 6.98. The second-order valence-electron chi connectivity index (χ2n) is 5.11. The van der Waals surface area contributed by atoms with Crippen LogP contribution in [0.3, 0.4) is 0 Å². The van der Waals surface area contributed by atoms with Crippen molar-refractivity contribution >= 4 is 11.8 Å². The van der Waals surface area contributed by atoms with Gasteiger partial charge in [-0.2, -0.15) is 10.1 Å². The van der Waals surface area contributed by atoms with Crippen molar-refractivity contribution in [2.45, 2.75) is 20.4 Å². The number of hydrogen-bond donors (Lipinski definition) is 2. The van der Waals surface area contributed by atoms with Gasteiger partial charge in [-0.1, -0.05) is 32.0 Å². The van der Waals surface area contributed by atoms with E-state index in [2.05, 4.69) is 39.7 Å². The highest BCUT2D eigenvalue weighted by molar-refractivity contribution is 5.39. The zero-order valence-electron chi connectivity index (χ0n) is 12.6. The van der Waals surface area contributed by atoms with Gasteiger partial charge in [0.05, 0.1) is 13.3 Å². The molecule has 2 N–H and O–H groups in total. The summed E-state index contributed by atoms with van der Waals surface area (Å²) in [5.41, 5.74) is 1.05. The Morgan fingerprint density at radius 2 is 2.00 bits per heavy atom. The average molecular weight is 287 g/mol. The number of benzene rings is 1. The molecule has 0 fully saturated rings. The van der Waals surface area contributed by atoms with E-state index >= 15 is 0 Å². The van der Waals surface area contributed by atoms with Crippen LogP contribution in [-0.2, 0) is 6.54 Å². The molecule has 0 saturated heterocycles. The van der Waals surface area contributed by atoms with Gasteiger partial charge in [-0.15, -0.1) is 5.10 Å². The maximum absolute atomic E-state index is 5.31. The summed E-state index contributed by atoms with van der Waals surface area (Å²) in [6, 6.07) is 7.84. The lowest BCUT2D eigenvalue weighted by Crippen LogP contribution is -2.12. The van der Waals surface area contributed by atoms with Crippen LogP contribution in [-0.4, -0.2) is 28.8 Å². The summed E-state index contributed by atoms with van der Waals surface area (Å²) >= 11 is 0. The SMILES string of the molecule is COc1ccccc1CNc1nncc(NCC(C)C)n1. The van der Waals surface area contributed by atoms with E-state index in [0.29, 0.717) is 18.4 Å². The highest BCUT2D eigenvalue weighted by Gasteiger charge is 2.04. The molecule has 0 spiro atoms. The lowest BCUT2D eigenvalue weighted by atomic mass is 10.2. The van der Waals surface area contributed by atoms with Crippen LogP contribution >= 0.6 is 0 Å². The number of rotatable bonds is 7. The molecule has 2 rings (SSSR count). The van der Waals surface area contributed by atoms with Crippen LogP contribution < -0.4 is 15.4 Å². The first kappa shape index (κ1) is 15.0. The molecule has 0 unspecified atom stereocenters. The minimum absolute atomic E-state index is 0.495. The molecule has 0 amide bonds. The standard InChI is InChI=1S/C15H21N5O/c1-11(2)8-16-14-10-18-20-15(19-14)17-9-12-6-4-5-7-13(12)21-3/h4-7,10-11H,8-9H2,1-3H3,(H2,16,17,19,20). The summed E-state index contributed by atoms with van der Waals surface area (Å²) in [5, 5.41) is 14.3. The largest absolute Gasteiger partial charge is 0.496 e. The van der Waals surface area contributed by atoms with Gasteiger partial charge >= 0.3 is 0 Å². The van der Waals surface area contributed by atoms with E-state index in [-0.39, 0.29) is 0 Å². The molecule has 0 aliphatic heterocycles. The van der Waals surface area contributed by atoms with Gasteiger partial charge in [0.1, 0.15) is 5.75 Å². The van der Waals surface area contributed by atoms with Gasteiger partial charge in [0.2, 0.25) is 5.95 Å². The van der Waals surface area contributed by atoms with Crippen molar-refractivity contribution in [3.8, 4) is 5.75 Å². The number of methoxy groups -OCH3 is 1. The van der Waals surface area contributed by atoms with Gasteiger partial charge in [0, 0.05) is 18.7 Å². The monoisotopic (exact) mass is 287 g/mol. The minimum atomic E-state index is 0.495. The molecule has 6 heteroatoms. The molecule has 1 aromatic carbocycles. The maximum atomic E-state index is 5.31. The molecule has 0 bridgehead atoms. The van der Waals surface area contributed by atoms with Crippen molar-refractivity contribution in [2.75, 3.05) is 24.3 Å². The molecule has 0 aliphatic carbocycles. The van der Waals surface area contributed by atoms with Crippen LogP contribution in [0.15, 0.2) is 30.5 Å². The molecule has 2 aromatic rings. The predicted octanol–water partition coefficient (Wildman–Crippen LogP) is 2.56. The Bertz CT molecular complexity index is 573. The van der Waals surface area contributed by atoms with Gasteiger partial charge in [0.15, 0.2) is 5.82 Å². The number of hydrogen-bond acceptors (Lipinski definition) is 6. The third-order valence-corrected chi connectivity index (χ3v) is 2.88. The molecule has 1 heterocycles. The fourth-order valence-corrected chi connectivity index (χ4v) is 1.80. The zero-order chi connectivity index (χ0) is 15.1. The van der Waals surface area contributed by atoms with Gasteiger partial charge in [-0.05, 0) is 12.0 Å². The topological polar surface area (TPSA) is 72.0 Å². The van der Waals surface area contributed by atoms with E-state index in [1.165, 1.54) is 0 Å². The van der Waals surface area contributed by atoms with Crippen LogP contribution in [0.2, 0.25) is 0 Å². The fourth-order valence-electron chi connectivity index (χ4n) is 1.80. The number of anilines is 2. The summed E-state index contributed by atoms with van der Waals surface area (Å²) in [4.78, 5) is 4.38. The number of aromatic nitrogens is 3. The number of nitrogens with one attached hydrogen (secondary N) is 2. The Kier molecular flexibility index (Phi) is 5.31. The Hall–Kier alpha value is -2.37. The minimum Gasteiger partial charge on any atom is -0.496 e. The molecule has 21 heavy (non-hydrogen) atoms. The Morgan fingerprint density at radius 1 is 1.19 bits per heavy atom.